The van der Waals surface area contributed by atoms with E-state index in [2.05, 4.69) is 5.32 Å². The Hall–Kier alpha value is -2.62. The maximum Gasteiger partial charge on any atom is 0.251 e. The van der Waals surface area contributed by atoms with Crippen molar-refractivity contribution in [1.82, 2.24) is 14.5 Å². The van der Waals surface area contributed by atoms with E-state index in [9.17, 15) is 18.0 Å². The molecule has 1 saturated heterocycles. The van der Waals surface area contributed by atoms with Gasteiger partial charge in [-0.1, -0.05) is 11.6 Å². The van der Waals surface area contributed by atoms with Gasteiger partial charge in [0.2, 0.25) is 15.9 Å². The molecule has 0 saturated carbocycles. The number of nitrogens with zero attached hydrogens (tertiary/aromatic N) is 2. The molecule has 8 nitrogen and oxygen atoms in total. The van der Waals surface area contributed by atoms with Gasteiger partial charge in [-0.05, 0) is 81.1 Å². The Morgan fingerprint density at radius 3 is 2.14 bits per heavy atom. The Bertz CT molecular complexity index is 1110. The first-order valence-corrected chi connectivity index (χ1v) is 13.5. The van der Waals surface area contributed by atoms with Gasteiger partial charge in [0.25, 0.3) is 5.91 Å². The van der Waals surface area contributed by atoms with Crippen LogP contribution in [0.3, 0.4) is 0 Å². The molecule has 10 heteroatoms. The average molecular weight is 522 g/mol. The second-order valence-corrected chi connectivity index (χ2v) is 10.8. The minimum absolute atomic E-state index is 0.157. The fourth-order valence-electron chi connectivity index (χ4n) is 4.29. The SMILES string of the molecule is CCN(CC)C(=O)C(NC(=O)c1ccc(OC)cc1)C1CCN(S(=O)(=O)c2ccc(Cl)cc2)CC1. The molecule has 35 heavy (non-hydrogen) atoms. The maximum atomic E-state index is 13.4. The molecule has 2 aromatic carbocycles. The van der Waals surface area contributed by atoms with Crippen molar-refractivity contribution in [1.29, 1.82) is 0 Å². The second kappa shape index (κ2) is 11.9. The summed E-state index contributed by atoms with van der Waals surface area (Å²) in [6, 6.07) is 12.0. The number of ether oxygens (including phenoxy) is 1. The van der Waals surface area contributed by atoms with Gasteiger partial charge in [0.15, 0.2) is 0 Å². The number of hydrogen-bond acceptors (Lipinski definition) is 5. The van der Waals surface area contributed by atoms with Gasteiger partial charge in [-0.25, -0.2) is 8.42 Å². The lowest BCUT2D eigenvalue weighted by Crippen LogP contribution is -2.54. The average Bonchev–Trinajstić information content (AvgIpc) is 2.88. The van der Waals surface area contributed by atoms with Crippen molar-refractivity contribution >= 4 is 33.4 Å². The topological polar surface area (TPSA) is 96.0 Å². The molecule has 2 aromatic rings. The molecular formula is C25H32ClN3O5S. The number of amides is 2. The highest BCUT2D eigenvalue weighted by molar-refractivity contribution is 7.89. The number of carbonyl (C=O) groups is 2. The van der Waals surface area contributed by atoms with Gasteiger partial charge in [0, 0.05) is 36.8 Å². The fourth-order valence-corrected chi connectivity index (χ4v) is 5.88. The van der Waals surface area contributed by atoms with Crippen LogP contribution in [0, 0.1) is 5.92 Å². The van der Waals surface area contributed by atoms with Crippen LogP contribution in [0.25, 0.3) is 0 Å². The van der Waals surface area contributed by atoms with Gasteiger partial charge in [-0.2, -0.15) is 4.31 Å². The molecule has 0 aliphatic carbocycles. The number of methoxy groups -OCH3 is 1. The van der Waals surface area contributed by atoms with Crippen molar-refractivity contribution in [2.75, 3.05) is 33.3 Å². The van der Waals surface area contributed by atoms with Gasteiger partial charge in [0.1, 0.15) is 11.8 Å². The summed E-state index contributed by atoms with van der Waals surface area (Å²) in [5.74, 6) is -0.0706. The summed E-state index contributed by atoms with van der Waals surface area (Å²) in [4.78, 5) is 28.2. The zero-order valence-corrected chi connectivity index (χ0v) is 21.8. The van der Waals surface area contributed by atoms with Crippen LogP contribution in [0.5, 0.6) is 5.75 Å². The first-order valence-electron chi connectivity index (χ1n) is 11.7. The van der Waals surface area contributed by atoms with Gasteiger partial charge >= 0.3 is 0 Å². The van der Waals surface area contributed by atoms with Crippen LogP contribution in [-0.2, 0) is 14.8 Å². The van der Waals surface area contributed by atoms with Crippen LogP contribution in [0.2, 0.25) is 5.02 Å². The molecule has 1 fully saturated rings. The predicted octanol–water partition coefficient (Wildman–Crippen LogP) is 3.42. The predicted molar refractivity (Wildman–Crippen MR) is 135 cm³/mol. The molecule has 1 aliphatic rings. The molecule has 1 aliphatic heterocycles. The van der Waals surface area contributed by atoms with Gasteiger partial charge in [-0.15, -0.1) is 0 Å². The Labute approximate surface area is 212 Å². The molecule has 2 amide bonds. The fraction of sp³-hybridized carbons (Fsp3) is 0.440. The van der Waals surface area contributed by atoms with Crippen LogP contribution >= 0.6 is 11.6 Å². The first kappa shape index (κ1) is 27.0. The summed E-state index contributed by atoms with van der Waals surface area (Å²) in [7, 11) is -2.12. The molecule has 0 spiro atoms. The number of likely N-dealkylation sites (N-methyl/N-ethyl adjacent to an activating group) is 1. The van der Waals surface area contributed by atoms with Crippen molar-refractivity contribution in [2.45, 2.75) is 37.6 Å². The van der Waals surface area contributed by atoms with Crippen LogP contribution in [0.4, 0.5) is 0 Å². The lowest BCUT2D eigenvalue weighted by atomic mass is 9.89. The molecule has 190 valence electrons. The quantitative estimate of drug-likeness (QED) is 0.545. The van der Waals surface area contributed by atoms with Crippen LogP contribution in [0.1, 0.15) is 37.0 Å². The third-order valence-corrected chi connectivity index (χ3v) is 8.57. The molecule has 1 atom stereocenters. The number of benzene rings is 2. The zero-order chi connectivity index (χ0) is 25.6. The highest BCUT2D eigenvalue weighted by atomic mass is 35.5. The summed E-state index contributed by atoms with van der Waals surface area (Å²) < 4.78 is 32.7. The monoisotopic (exact) mass is 521 g/mol. The van der Waals surface area contributed by atoms with E-state index in [-0.39, 0.29) is 35.7 Å². The lowest BCUT2D eigenvalue weighted by molar-refractivity contribution is -0.134. The summed E-state index contributed by atoms with van der Waals surface area (Å²) in [6.07, 6.45) is 0.904. The van der Waals surface area contributed by atoms with Crippen molar-refractivity contribution in [3.63, 3.8) is 0 Å². The third kappa shape index (κ3) is 6.34. The number of hydrogen-bond donors (Lipinski definition) is 1. The molecule has 1 heterocycles. The summed E-state index contributed by atoms with van der Waals surface area (Å²) >= 11 is 5.90. The second-order valence-electron chi connectivity index (χ2n) is 8.39. The number of carbonyl (C=O) groups excluding carboxylic acids is 2. The van der Waals surface area contributed by atoms with Crippen molar-refractivity contribution < 1.29 is 22.7 Å². The normalized spacial score (nSPS) is 15.9. The van der Waals surface area contributed by atoms with E-state index >= 15 is 0 Å². The number of nitrogens with one attached hydrogen (secondary N) is 1. The molecular weight excluding hydrogens is 490 g/mol. The van der Waals surface area contributed by atoms with E-state index in [4.69, 9.17) is 16.3 Å². The van der Waals surface area contributed by atoms with E-state index in [0.29, 0.717) is 42.3 Å². The van der Waals surface area contributed by atoms with E-state index in [1.807, 2.05) is 13.8 Å². The zero-order valence-electron chi connectivity index (χ0n) is 20.2. The lowest BCUT2D eigenvalue weighted by Gasteiger charge is -2.37. The van der Waals surface area contributed by atoms with Gasteiger partial charge in [-0.3, -0.25) is 9.59 Å². The summed E-state index contributed by atoms with van der Waals surface area (Å²) in [5, 5.41) is 3.39. The maximum absolute atomic E-state index is 13.4. The van der Waals surface area contributed by atoms with Crippen molar-refractivity contribution in [3.05, 3.63) is 59.1 Å². The van der Waals surface area contributed by atoms with E-state index in [1.54, 1.807) is 48.4 Å². The molecule has 1 N–H and O–H groups in total. The summed E-state index contributed by atoms with van der Waals surface area (Å²) in [5.41, 5.74) is 0.422. The van der Waals surface area contributed by atoms with Crippen LogP contribution in [0.15, 0.2) is 53.4 Å². The van der Waals surface area contributed by atoms with E-state index < -0.39 is 16.1 Å². The largest absolute Gasteiger partial charge is 0.497 e. The van der Waals surface area contributed by atoms with Crippen LogP contribution in [-0.4, -0.2) is 68.8 Å². The Morgan fingerprint density at radius 2 is 1.63 bits per heavy atom. The minimum atomic E-state index is -3.67. The molecule has 0 bridgehead atoms. The number of rotatable bonds is 9. The van der Waals surface area contributed by atoms with Crippen LogP contribution < -0.4 is 10.1 Å². The number of piperidine rings is 1. The molecule has 3 rings (SSSR count). The highest BCUT2D eigenvalue weighted by Crippen LogP contribution is 2.27. The molecule has 0 radical (unpaired) electrons. The Balaban J connectivity index is 1.76. The number of sulfonamides is 1. The smallest absolute Gasteiger partial charge is 0.251 e. The standard InChI is InChI=1S/C25H32ClN3O5S/c1-4-28(5-2)25(31)23(27-24(30)19-6-10-21(34-3)11-7-19)18-14-16-29(17-15-18)35(32,33)22-12-8-20(26)9-13-22/h6-13,18,23H,4-5,14-17H2,1-3H3,(H,27,30). The molecule has 1 unspecified atom stereocenters. The van der Waals surface area contributed by atoms with Gasteiger partial charge in [0.05, 0.1) is 12.0 Å². The molecule has 0 aromatic heterocycles. The first-order chi connectivity index (χ1) is 16.7. The van der Waals surface area contributed by atoms with E-state index in [0.717, 1.165) is 0 Å². The van der Waals surface area contributed by atoms with E-state index in [1.165, 1.54) is 16.4 Å². The van der Waals surface area contributed by atoms with Crippen molar-refractivity contribution in [2.24, 2.45) is 5.92 Å². The minimum Gasteiger partial charge on any atom is -0.497 e. The summed E-state index contributed by atoms with van der Waals surface area (Å²) in [6.45, 7) is 5.35. The number of halogens is 1. The van der Waals surface area contributed by atoms with Gasteiger partial charge < -0.3 is 15.0 Å². The highest BCUT2D eigenvalue weighted by Gasteiger charge is 2.37. The Morgan fingerprint density at radius 1 is 1.06 bits per heavy atom. The third-order valence-electron chi connectivity index (χ3n) is 6.40. The van der Waals surface area contributed by atoms with Crippen molar-refractivity contribution in [3.8, 4) is 5.75 Å². The Kier molecular flexibility index (Phi) is 9.15.